The molecule has 6 rings (SSSR count). The van der Waals surface area contributed by atoms with Crippen molar-refractivity contribution in [1.29, 1.82) is 0 Å². The van der Waals surface area contributed by atoms with Crippen molar-refractivity contribution in [2.75, 3.05) is 13.7 Å². The number of methoxy groups -OCH3 is 1. The van der Waals surface area contributed by atoms with Crippen LogP contribution in [0.1, 0.15) is 27.6 Å². The summed E-state index contributed by atoms with van der Waals surface area (Å²) in [7, 11) is -9.29. The van der Waals surface area contributed by atoms with Gasteiger partial charge in [0.2, 0.25) is 0 Å². The standard InChI is InChI=1S/C18H15N3O2.C18H14N2O2.F6P.Os/c1-2-23-18(22)13-11-16(14-7-3-5-9-19-14)21-17(12-13)15-8-4-6-10-20-15;1-22-18(21)15-11-13(16-6-2-4-8-19-16)10-14(12-15)17-7-3-5-9-20-17;1-7(2,3,4,5)6;/h3-12H,2H2,1H3;2-12H,1H3;;/q;;-1;. The summed E-state index contributed by atoms with van der Waals surface area (Å²) in [5.74, 6) is -0.765. The SMILES string of the molecule is CCOC(=O)c1cc(-c2ccccn2)nc(-c2ccccn2)c1.COC(=O)c1cc(-c2ccccn2)cc(-c2ccccn2)c1.F[P-](F)(F)(F)(F)F.[Os]. The first-order chi connectivity index (χ1) is 24.5. The Bertz CT molecular complexity index is 2000. The first-order valence-corrected chi connectivity index (χ1v) is 17.2. The van der Waals surface area contributed by atoms with Crippen molar-refractivity contribution < 1.29 is 64.0 Å². The third-order valence-corrected chi connectivity index (χ3v) is 6.47. The van der Waals surface area contributed by atoms with Crippen LogP contribution in [0.15, 0.2) is 128 Å². The molecule has 0 aliphatic rings. The van der Waals surface area contributed by atoms with Crippen molar-refractivity contribution in [3.8, 4) is 45.3 Å². The van der Waals surface area contributed by atoms with Gasteiger partial charge in [-0.3, -0.25) is 19.9 Å². The summed E-state index contributed by atoms with van der Waals surface area (Å²) in [6, 6.07) is 31.3. The van der Waals surface area contributed by atoms with E-state index in [-0.39, 0.29) is 31.7 Å². The summed E-state index contributed by atoms with van der Waals surface area (Å²) in [4.78, 5) is 45.9. The van der Waals surface area contributed by atoms with Gasteiger partial charge in [0.05, 0.1) is 59.0 Å². The van der Waals surface area contributed by atoms with E-state index in [2.05, 4.69) is 24.9 Å². The van der Waals surface area contributed by atoms with E-state index in [4.69, 9.17) is 9.47 Å². The number of hydrogen-bond donors (Lipinski definition) is 0. The normalized spacial score (nSPS) is 11.8. The van der Waals surface area contributed by atoms with Crippen LogP contribution in [0.4, 0.5) is 25.2 Å². The molecule has 0 bridgehead atoms. The van der Waals surface area contributed by atoms with Gasteiger partial charge in [0.1, 0.15) is 0 Å². The zero-order valence-corrected chi connectivity index (χ0v) is 31.2. The molecule has 5 aromatic heterocycles. The van der Waals surface area contributed by atoms with Gasteiger partial charge in [-0.05, 0) is 85.8 Å². The minimum absolute atomic E-state index is 0. The third kappa shape index (κ3) is 14.6. The maximum Gasteiger partial charge on any atom is 0 e. The Morgan fingerprint density at radius 1 is 0.547 bits per heavy atom. The first kappa shape index (κ1) is 42.0. The second kappa shape index (κ2) is 17.4. The molecule has 0 unspecified atom stereocenters. The van der Waals surface area contributed by atoms with E-state index >= 15 is 0 Å². The Labute approximate surface area is 312 Å². The van der Waals surface area contributed by atoms with Crippen molar-refractivity contribution in [2.24, 2.45) is 0 Å². The molecule has 0 fully saturated rings. The summed E-state index contributed by atoms with van der Waals surface area (Å²) < 4.78 is 69.1. The Kier molecular flexibility index (Phi) is 13.8. The fourth-order valence-corrected chi connectivity index (χ4v) is 4.38. The Morgan fingerprint density at radius 2 is 0.906 bits per heavy atom. The van der Waals surface area contributed by atoms with Crippen LogP contribution in [0.25, 0.3) is 45.3 Å². The average molecular weight is 931 g/mol. The minimum Gasteiger partial charge on any atom is 0 e. The van der Waals surface area contributed by atoms with Gasteiger partial charge in [-0.15, -0.1) is 0 Å². The summed E-state index contributed by atoms with van der Waals surface area (Å²) in [5, 5.41) is 0. The molecule has 0 saturated carbocycles. The molecule has 0 N–H and O–H groups in total. The maximum absolute atomic E-state index is 12.1. The molecule has 0 atom stereocenters. The van der Waals surface area contributed by atoms with Crippen LogP contribution in [0, 0.1) is 0 Å². The van der Waals surface area contributed by atoms with E-state index in [1.165, 1.54) is 7.11 Å². The van der Waals surface area contributed by atoms with Gasteiger partial charge in [0.25, 0.3) is 0 Å². The number of halogens is 6. The van der Waals surface area contributed by atoms with E-state index in [9.17, 15) is 34.8 Å². The van der Waals surface area contributed by atoms with Gasteiger partial charge in [-0.1, -0.05) is 24.3 Å². The minimum atomic E-state index is -10.7. The average Bonchev–Trinajstić information content (AvgIpc) is 3.14. The topological polar surface area (TPSA) is 117 Å². The van der Waals surface area contributed by atoms with E-state index < -0.39 is 7.81 Å². The molecule has 278 valence electrons. The van der Waals surface area contributed by atoms with Gasteiger partial charge in [0.15, 0.2) is 0 Å². The number of ether oxygens (including phenoxy) is 2. The number of benzene rings is 1. The second-order valence-electron chi connectivity index (χ2n) is 10.5. The second-order valence-corrected chi connectivity index (χ2v) is 12.4. The van der Waals surface area contributed by atoms with Crippen LogP contribution in [0.3, 0.4) is 0 Å². The molecule has 0 saturated heterocycles. The first-order valence-electron chi connectivity index (χ1n) is 15.2. The van der Waals surface area contributed by atoms with Crippen molar-refractivity contribution in [1.82, 2.24) is 24.9 Å². The zero-order chi connectivity index (χ0) is 37.8. The summed E-state index contributed by atoms with van der Waals surface area (Å²) in [5.41, 5.74) is 6.80. The quantitative estimate of drug-likeness (QED) is 0.0876. The van der Waals surface area contributed by atoms with Gasteiger partial charge in [-0.2, -0.15) is 0 Å². The van der Waals surface area contributed by atoms with Crippen LogP contribution in [0.2, 0.25) is 0 Å². The Morgan fingerprint density at radius 3 is 1.23 bits per heavy atom. The molecular formula is C36H29F6N5O4OsP-. The molecule has 5 heterocycles. The van der Waals surface area contributed by atoms with E-state index in [1.807, 2.05) is 78.9 Å². The van der Waals surface area contributed by atoms with Crippen LogP contribution in [-0.4, -0.2) is 50.6 Å². The van der Waals surface area contributed by atoms with Crippen molar-refractivity contribution in [2.45, 2.75) is 6.92 Å². The number of hydrogen-bond acceptors (Lipinski definition) is 9. The smallest absolute Gasteiger partial charge is 0 e. The van der Waals surface area contributed by atoms with E-state index in [0.29, 0.717) is 40.5 Å². The maximum atomic E-state index is 12.1. The van der Waals surface area contributed by atoms with Gasteiger partial charge in [-0.25, -0.2) is 14.6 Å². The summed E-state index contributed by atoms with van der Waals surface area (Å²) in [6.45, 7) is 2.09. The predicted octanol–water partition coefficient (Wildman–Crippen LogP) is 10.4. The molecule has 17 heteroatoms. The number of nitrogens with zero attached hydrogens (tertiary/aromatic N) is 5. The van der Waals surface area contributed by atoms with Crippen molar-refractivity contribution >= 4 is 19.7 Å². The molecule has 53 heavy (non-hydrogen) atoms. The van der Waals surface area contributed by atoms with Crippen molar-refractivity contribution in [3.05, 3.63) is 139 Å². The monoisotopic (exact) mass is 932 g/mol. The van der Waals surface area contributed by atoms with Gasteiger partial charge >= 0.3 is 44.9 Å². The van der Waals surface area contributed by atoms with E-state index in [0.717, 1.165) is 22.5 Å². The number of pyridine rings is 5. The fraction of sp³-hybridized carbons (Fsp3) is 0.0833. The van der Waals surface area contributed by atoms with Crippen LogP contribution >= 0.6 is 7.81 Å². The number of aromatic nitrogens is 5. The van der Waals surface area contributed by atoms with Crippen LogP contribution in [0.5, 0.6) is 0 Å². The fourth-order valence-electron chi connectivity index (χ4n) is 4.38. The number of rotatable bonds is 7. The summed E-state index contributed by atoms with van der Waals surface area (Å²) in [6.07, 6.45) is 6.82. The third-order valence-electron chi connectivity index (χ3n) is 6.47. The molecule has 0 spiro atoms. The molecule has 0 amide bonds. The molecule has 6 aromatic rings. The van der Waals surface area contributed by atoms with Gasteiger partial charge in [0, 0.05) is 55.7 Å². The molecule has 1 aromatic carbocycles. The molecule has 0 radical (unpaired) electrons. The largest absolute Gasteiger partial charge is 0 e. The van der Waals surface area contributed by atoms with Gasteiger partial charge < -0.3 is 9.47 Å². The molecule has 9 nitrogen and oxygen atoms in total. The van der Waals surface area contributed by atoms with Crippen LogP contribution < -0.4 is 0 Å². The molecule has 0 aliphatic carbocycles. The Hall–Kier alpha value is -5.44. The predicted molar refractivity (Wildman–Crippen MR) is 184 cm³/mol. The number of carbonyl (C=O) groups excluding carboxylic acids is 2. The molecular weight excluding hydrogens is 902 g/mol. The number of esters is 2. The Balaban J connectivity index is 0.000000239. The molecule has 0 aliphatic heterocycles. The zero-order valence-electron chi connectivity index (χ0n) is 27.8. The number of carbonyl (C=O) groups is 2. The van der Waals surface area contributed by atoms with Crippen molar-refractivity contribution in [3.63, 3.8) is 0 Å². The van der Waals surface area contributed by atoms with Crippen LogP contribution in [-0.2, 0) is 29.3 Å². The van der Waals surface area contributed by atoms with E-state index in [1.54, 1.807) is 56.0 Å². The summed E-state index contributed by atoms with van der Waals surface area (Å²) >= 11 is 0.